The molecule has 1 aromatic rings. The number of para-hydroxylation sites is 2. The molecule has 2 heterocycles. The number of carbonyl (C=O) groups excluding carboxylic acids is 1. The van der Waals surface area contributed by atoms with Crippen molar-refractivity contribution < 1.29 is 9.53 Å². The highest BCUT2D eigenvalue weighted by Gasteiger charge is 2.30. The van der Waals surface area contributed by atoms with Gasteiger partial charge >= 0.3 is 0 Å². The number of nitrogens with zero attached hydrogens (tertiary/aromatic N) is 4. The van der Waals surface area contributed by atoms with Crippen LogP contribution in [0, 0.1) is 0 Å². The van der Waals surface area contributed by atoms with Crippen molar-refractivity contribution in [2.24, 2.45) is 0 Å². The number of ether oxygens (including phenoxy) is 1. The first-order valence-electron chi connectivity index (χ1n) is 11.3. The van der Waals surface area contributed by atoms with Gasteiger partial charge in [0.1, 0.15) is 5.75 Å². The first-order valence-corrected chi connectivity index (χ1v) is 11.3. The molecule has 162 valence electrons. The molecule has 2 saturated heterocycles. The molecule has 0 spiro atoms. The summed E-state index contributed by atoms with van der Waals surface area (Å²) < 4.78 is 5.54. The molecule has 3 rings (SSSR count). The van der Waals surface area contributed by atoms with Gasteiger partial charge in [0.25, 0.3) is 0 Å². The SMILES string of the molecule is CCN(CC)CCC(=O)N1CCCC(N2CCN(c3ccccc3OC)CC2)C1. The predicted octanol–water partition coefficient (Wildman–Crippen LogP) is 2.54. The molecule has 6 heteroatoms. The van der Waals surface area contributed by atoms with Crippen molar-refractivity contribution in [1.29, 1.82) is 0 Å². The number of methoxy groups -OCH3 is 1. The highest BCUT2D eigenvalue weighted by atomic mass is 16.5. The van der Waals surface area contributed by atoms with E-state index in [0.29, 0.717) is 18.4 Å². The van der Waals surface area contributed by atoms with Gasteiger partial charge in [-0.25, -0.2) is 0 Å². The van der Waals surface area contributed by atoms with Crippen LogP contribution in [0.15, 0.2) is 24.3 Å². The largest absolute Gasteiger partial charge is 0.495 e. The van der Waals surface area contributed by atoms with E-state index >= 15 is 0 Å². The topological polar surface area (TPSA) is 39.3 Å². The van der Waals surface area contributed by atoms with Crippen molar-refractivity contribution in [3.05, 3.63) is 24.3 Å². The zero-order valence-electron chi connectivity index (χ0n) is 18.5. The van der Waals surface area contributed by atoms with Gasteiger partial charge in [-0.2, -0.15) is 0 Å². The first-order chi connectivity index (χ1) is 14.2. The molecule has 2 aliphatic heterocycles. The molecule has 0 bridgehead atoms. The van der Waals surface area contributed by atoms with Crippen molar-refractivity contribution in [3.8, 4) is 5.75 Å². The number of hydrogen-bond donors (Lipinski definition) is 0. The van der Waals surface area contributed by atoms with Gasteiger partial charge in [-0.15, -0.1) is 0 Å². The third-order valence-electron chi connectivity index (χ3n) is 6.54. The van der Waals surface area contributed by atoms with Gasteiger partial charge in [-0.3, -0.25) is 9.69 Å². The second kappa shape index (κ2) is 10.8. The van der Waals surface area contributed by atoms with E-state index in [1.807, 2.05) is 12.1 Å². The summed E-state index contributed by atoms with van der Waals surface area (Å²) in [4.78, 5) is 22.2. The van der Waals surface area contributed by atoms with E-state index < -0.39 is 0 Å². The van der Waals surface area contributed by atoms with Crippen LogP contribution in [0.2, 0.25) is 0 Å². The molecule has 29 heavy (non-hydrogen) atoms. The molecule has 2 fully saturated rings. The summed E-state index contributed by atoms with van der Waals surface area (Å²) in [6.45, 7) is 13.2. The Labute approximate surface area is 176 Å². The standard InChI is InChI=1S/C23H38N4O2/c1-4-24(5-2)14-12-23(28)27-13-8-9-20(19-27)25-15-17-26(18-16-25)21-10-6-7-11-22(21)29-3/h6-7,10-11,20H,4-5,8-9,12-19H2,1-3H3. The quantitative estimate of drug-likeness (QED) is 0.668. The van der Waals surface area contributed by atoms with E-state index in [9.17, 15) is 4.79 Å². The summed E-state index contributed by atoms with van der Waals surface area (Å²) in [6.07, 6.45) is 2.97. The van der Waals surface area contributed by atoms with E-state index in [1.54, 1.807) is 7.11 Å². The highest BCUT2D eigenvalue weighted by Crippen LogP contribution is 2.29. The van der Waals surface area contributed by atoms with Crippen molar-refractivity contribution in [2.75, 3.05) is 70.9 Å². The Morgan fingerprint density at radius 3 is 2.52 bits per heavy atom. The van der Waals surface area contributed by atoms with Crippen LogP contribution in [0.4, 0.5) is 5.69 Å². The molecule has 1 aromatic carbocycles. The Morgan fingerprint density at radius 1 is 1.10 bits per heavy atom. The minimum absolute atomic E-state index is 0.328. The van der Waals surface area contributed by atoms with Gasteiger partial charge in [0.2, 0.25) is 5.91 Å². The second-order valence-electron chi connectivity index (χ2n) is 8.11. The predicted molar refractivity (Wildman–Crippen MR) is 119 cm³/mol. The van der Waals surface area contributed by atoms with Gasteiger partial charge in [0, 0.05) is 58.3 Å². The molecule has 1 atom stereocenters. The van der Waals surface area contributed by atoms with Crippen LogP contribution in [-0.2, 0) is 4.79 Å². The number of piperidine rings is 1. The highest BCUT2D eigenvalue weighted by molar-refractivity contribution is 5.76. The number of amides is 1. The van der Waals surface area contributed by atoms with Gasteiger partial charge in [0.15, 0.2) is 0 Å². The van der Waals surface area contributed by atoms with Crippen LogP contribution in [0.5, 0.6) is 5.75 Å². The third kappa shape index (κ3) is 5.64. The maximum absolute atomic E-state index is 12.7. The van der Waals surface area contributed by atoms with Gasteiger partial charge in [-0.1, -0.05) is 26.0 Å². The van der Waals surface area contributed by atoms with Crippen LogP contribution in [0.25, 0.3) is 0 Å². The van der Waals surface area contributed by atoms with Crippen molar-refractivity contribution in [2.45, 2.75) is 39.2 Å². The number of anilines is 1. The average molecular weight is 403 g/mol. The Hall–Kier alpha value is -1.79. The van der Waals surface area contributed by atoms with E-state index in [1.165, 1.54) is 12.1 Å². The molecular weight excluding hydrogens is 364 g/mol. The number of hydrogen-bond acceptors (Lipinski definition) is 5. The molecule has 1 unspecified atom stereocenters. The Kier molecular flexibility index (Phi) is 8.19. The first kappa shape index (κ1) is 21.9. The zero-order valence-corrected chi connectivity index (χ0v) is 18.5. The Bertz CT molecular complexity index is 642. The van der Waals surface area contributed by atoms with Crippen molar-refractivity contribution >= 4 is 11.6 Å². The number of likely N-dealkylation sites (tertiary alicyclic amines) is 1. The Balaban J connectivity index is 1.50. The van der Waals surface area contributed by atoms with Crippen LogP contribution in [0.1, 0.15) is 33.1 Å². The average Bonchev–Trinajstić information content (AvgIpc) is 2.79. The summed E-state index contributed by atoms with van der Waals surface area (Å²) in [7, 11) is 1.74. The number of carbonyl (C=O) groups is 1. The Morgan fingerprint density at radius 2 is 1.83 bits per heavy atom. The van der Waals surface area contributed by atoms with Crippen LogP contribution in [0.3, 0.4) is 0 Å². The molecule has 0 aliphatic carbocycles. The summed E-state index contributed by atoms with van der Waals surface area (Å²) in [5, 5.41) is 0. The third-order valence-corrected chi connectivity index (χ3v) is 6.54. The number of rotatable bonds is 8. The molecule has 0 aromatic heterocycles. The molecule has 1 amide bonds. The minimum Gasteiger partial charge on any atom is -0.495 e. The van der Waals surface area contributed by atoms with Gasteiger partial charge < -0.3 is 19.4 Å². The van der Waals surface area contributed by atoms with Crippen molar-refractivity contribution in [1.82, 2.24) is 14.7 Å². The lowest BCUT2D eigenvalue weighted by Crippen LogP contribution is -2.56. The van der Waals surface area contributed by atoms with Gasteiger partial charge in [0.05, 0.1) is 12.8 Å². The maximum atomic E-state index is 12.7. The van der Waals surface area contributed by atoms with E-state index in [4.69, 9.17) is 4.74 Å². The number of benzene rings is 1. The van der Waals surface area contributed by atoms with E-state index in [0.717, 1.165) is 71.1 Å². The molecule has 6 nitrogen and oxygen atoms in total. The van der Waals surface area contributed by atoms with E-state index in [-0.39, 0.29) is 0 Å². The lowest BCUT2D eigenvalue weighted by Gasteiger charge is -2.44. The molecular formula is C23H38N4O2. The molecule has 2 aliphatic rings. The zero-order chi connectivity index (χ0) is 20.6. The van der Waals surface area contributed by atoms with Gasteiger partial charge in [-0.05, 0) is 38.1 Å². The van der Waals surface area contributed by atoms with Crippen molar-refractivity contribution in [3.63, 3.8) is 0 Å². The summed E-state index contributed by atoms with van der Waals surface area (Å²) in [6, 6.07) is 8.77. The fraction of sp³-hybridized carbons (Fsp3) is 0.696. The summed E-state index contributed by atoms with van der Waals surface area (Å²) in [5.41, 5.74) is 1.19. The van der Waals surface area contributed by atoms with Crippen LogP contribution in [-0.4, -0.2) is 92.7 Å². The molecule has 0 radical (unpaired) electrons. The smallest absolute Gasteiger partial charge is 0.223 e. The van der Waals surface area contributed by atoms with Crippen LogP contribution >= 0.6 is 0 Å². The van der Waals surface area contributed by atoms with E-state index in [2.05, 4.69) is 45.6 Å². The number of piperazine rings is 1. The molecule has 0 saturated carbocycles. The van der Waals surface area contributed by atoms with Crippen LogP contribution < -0.4 is 9.64 Å². The lowest BCUT2D eigenvalue weighted by molar-refractivity contribution is -0.133. The normalized spacial score (nSPS) is 20.9. The minimum atomic E-state index is 0.328. The second-order valence-corrected chi connectivity index (χ2v) is 8.11. The summed E-state index contributed by atoms with van der Waals surface area (Å²) >= 11 is 0. The fourth-order valence-corrected chi connectivity index (χ4v) is 4.65. The fourth-order valence-electron chi connectivity index (χ4n) is 4.65. The monoisotopic (exact) mass is 402 g/mol. The summed E-state index contributed by atoms with van der Waals surface area (Å²) in [5.74, 6) is 1.28. The molecule has 0 N–H and O–H groups in total. The lowest BCUT2D eigenvalue weighted by atomic mass is 10.0. The maximum Gasteiger partial charge on any atom is 0.223 e.